The molecule has 0 atom stereocenters. The number of amides is 1. The van der Waals surface area contributed by atoms with Crippen molar-refractivity contribution in [1.82, 2.24) is 14.9 Å². The third-order valence-corrected chi connectivity index (χ3v) is 3.08. The Hall–Kier alpha value is -2.47. The van der Waals surface area contributed by atoms with Gasteiger partial charge in [0.05, 0.1) is 6.61 Å². The van der Waals surface area contributed by atoms with Gasteiger partial charge in [-0.15, -0.1) is 0 Å². The van der Waals surface area contributed by atoms with E-state index in [1.807, 2.05) is 31.2 Å². The van der Waals surface area contributed by atoms with Crippen molar-refractivity contribution in [3.05, 3.63) is 64.3 Å². The fourth-order valence-corrected chi connectivity index (χ4v) is 1.89. The summed E-state index contributed by atoms with van der Waals surface area (Å²) in [5.41, 5.74) is 1.66. The summed E-state index contributed by atoms with van der Waals surface area (Å²) in [5.74, 6) is -0.228. The van der Waals surface area contributed by atoms with Gasteiger partial charge < -0.3 is 10.1 Å². The molecule has 2 rings (SSSR count). The monoisotopic (exact) mass is 301 g/mol. The lowest BCUT2D eigenvalue weighted by molar-refractivity contribution is -0.121. The van der Waals surface area contributed by atoms with Gasteiger partial charge in [-0.1, -0.05) is 24.3 Å². The molecule has 1 aromatic heterocycles. The predicted octanol–water partition coefficient (Wildman–Crippen LogP) is 1.10. The van der Waals surface area contributed by atoms with Gasteiger partial charge in [-0.2, -0.15) is 0 Å². The van der Waals surface area contributed by atoms with Gasteiger partial charge in [0.15, 0.2) is 0 Å². The Morgan fingerprint density at radius 1 is 1.27 bits per heavy atom. The van der Waals surface area contributed by atoms with Gasteiger partial charge in [-0.25, -0.2) is 9.78 Å². The Kier molecular flexibility index (Phi) is 5.85. The van der Waals surface area contributed by atoms with Crippen LogP contribution in [0.5, 0.6) is 0 Å². The van der Waals surface area contributed by atoms with Crippen LogP contribution in [-0.4, -0.2) is 22.1 Å². The minimum absolute atomic E-state index is 0.0326. The average Bonchev–Trinajstić information content (AvgIpc) is 2.54. The highest BCUT2D eigenvalue weighted by Crippen LogP contribution is 2.05. The maximum atomic E-state index is 11.8. The van der Waals surface area contributed by atoms with Crippen molar-refractivity contribution >= 4 is 5.91 Å². The second-order valence-electron chi connectivity index (χ2n) is 4.76. The maximum absolute atomic E-state index is 11.8. The Bertz CT molecular complexity index is 665. The lowest BCUT2D eigenvalue weighted by Gasteiger charge is -2.08. The van der Waals surface area contributed by atoms with Crippen molar-refractivity contribution in [2.45, 2.75) is 26.6 Å². The first-order valence-electron chi connectivity index (χ1n) is 7.12. The molecule has 6 heteroatoms. The van der Waals surface area contributed by atoms with E-state index >= 15 is 0 Å². The van der Waals surface area contributed by atoms with Crippen LogP contribution in [0.1, 0.15) is 18.1 Å². The first kappa shape index (κ1) is 15.9. The molecule has 2 aromatic rings. The van der Waals surface area contributed by atoms with Crippen LogP contribution >= 0.6 is 0 Å². The molecule has 0 aliphatic heterocycles. The van der Waals surface area contributed by atoms with Crippen LogP contribution in [0.15, 0.2) is 47.5 Å². The van der Waals surface area contributed by atoms with E-state index in [0.717, 1.165) is 11.1 Å². The van der Waals surface area contributed by atoms with Crippen LogP contribution in [-0.2, 0) is 29.2 Å². The lowest BCUT2D eigenvalue weighted by atomic mass is 10.1. The van der Waals surface area contributed by atoms with E-state index in [4.69, 9.17) is 4.74 Å². The van der Waals surface area contributed by atoms with Crippen molar-refractivity contribution in [2.24, 2.45) is 0 Å². The Morgan fingerprint density at radius 3 is 2.68 bits per heavy atom. The molecule has 6 nitrogen and oxygen atoms in total. The Balaban J connectivity index is 1.83. The largest absolute Gasteiger partial charge is 0.377 e. The van der Waals surface area contributed by atoms with Crippen molar-refractivity contribution in [3.63, 3.8) is 0 Å². The van der Waals surface area contributed by atoms with Gasteiger partial charge in [0, 0.05) is 25.5 Å². The molecule has 0 spiro atoms. The number of nitrogens with zero attached hydrogens (tertiary/aromatic N) is 2. The summed E-state index contributed by atoms with van der Waals surface area (Å²) in [7, 11) is 0. The van der Waals surface area contributed by atoms with Crippen LogP contribution in [0, 0.1) is 0 Å². The number of carbonyl (C=O) groups excluding carboxylic acids is 1. The van der Waals surface area contributed by atoms with E-state index in [2.05, 4.69) is 10.3 Å². The minimum atomic E-state index is -0.432. The van der Waals surface area contributed by atoms with E-state index in [9.17, 15) is 9.59 Å². The fraction of sp³-hybridized carbons (Fsp3) is 0.312. The molecule has 1 aromatic carbocycles. The summed E-state index contributed by atoms with van der Waals surface area (Å²) < 4.78 is 6.59. The van der Waals surface area contributed by atoms with Crippen molar-refractivity contribution in [1.29, 1.82) is 0 Å². The molecule has 1 N–H and O–H groups in total. The van der Waals surface area contributed by atoms with Crippen LogP contribution in [0.25, 0.3) is 0 Å². The van der Waals surface area contributed by atoms with Crippen molar-refractivity contribution < 1.29 is 9.53 Å². The number of carbonyl (C=O) groups is 1. The second kappa shape index (κ2) is 8.09. The molecule has 0 unspecified atom stereocenters. The van der Waals surface area contributed by atoms with Gasteiger partial charge in [-0.05, 0) is 24.1 Å². The number of nitrogens with one attached hydrogen (secondary N) is 1. The molecule has 0 saturated heterocycles. The summed E-state index contributed by atoms with van der Waals surface area (Å²) in [6.07, 6.45) is 2.94. The summed E-state index contributed by atoms with van der Waals surface area (Å²) in [6, 6.07) is 9.47. The van der Waals surface area contributed by atoms with Gasteiger partial charge in [-0.3, -0.25) is 9.36 Å². The van der Waals surface area contributed by atoms with E-state index in [1.54, 1.807) is 6.07 Å². The number of aromatic nitrogens is 2. The Labute approximate surface area is 128 Å². The van der Waals surface area contributed by atoms with Crippen molar-refractivity contribution in [3.8, 4) is 0 Å². The standard InChI is InChI=1S/C16H19N3O3/c1-2-22-12-14-6-4-13(5-7-14)10-18-15(20)11-19-9-3-8-17-16(19)21/h3-9H,2,10-12H2,1H3,(H,18,20). The SMILES string of the molecule is CCOCc1ccc(CNC(=O)Cn2cccnc2=O)cc1. The third-order valence-electron chi connectivity index (χ3n) is 3.08. The summed E-state index contributed by atoms with van der Waals surface area (Å²) in [4.78, 5) is 26.8. The van der Waals surface area contributed by atoms with E-state index < -0.39 is 5.69 Å². The molecule has 0 aliphatic rings. The summed E-state index contributed by atoms with van der Waals surface area (Å²) in [6.45, 7) is 3.62. The summed E-state index contributed by atoms with van der Waals surface area (Å²) >= 11 is 0. The van der Waals surface area contributed by atoms with Crippen LogP contribution in [0.3, 0.4) is 0 Å². The second-order valence-corrected chi connectivity index (χ2v) is 4.76. The lowest BCUT2D eigenvalue weighted by Crippen LogP contribution is -2.32. The smallest absolute Gasteiger partial charge is 0.347 e. The normalized spacial score (nSPS) is 10.4. The Morgan fingerprint density at radius 2 is 2.00 bits per heavy atom. The molecular formula is C16H19N3O3. The van der Waals surface area contributed by atoms with Gasteiger partial charge in [0.1, 0.15) is 6.54 Å². The zero-order valence-electron chi connectivity index (χ0n) is 12.5. The van der Waals surface area contributed by atoms with Gasteiger partial charge in [0.2, 0.25) is 5.91 Å². The zero-order valence-corrected chi connectivity index (χ0v) is 12.5. The van der Waals surface area contributed by atoms with Crippen LogP contribution < -0.4 is 11.0 Å². The number of hydrogen-bond acceptors (Lipinski definition) is 4. The topological polar surface area (TPSA) is 73.2 Å². The first-order chi connectivity index (χ1) is 10.7. The van der Waals surface area contributed by atoms with Crippen molar-refractivity contribution in [2.75, 3.05) is 6.61 Å². The van der Waals surface area contributed by atoms with Gasteiger partial charge in [0.25, 0.3) is 0 Å². The molecule has 22 heavy (non-hydrogen) atoms. The number of rotatable bonds is 7. The molecular weight excluding hydrogens is 282 g/mol. The molecule has 1 amide bonds. The molecule has 1 heterocycles. The highest BCUT2D eigenvalue weighted by molar-refractivity contribution is 5.75. The minimum Gasteiger partial charge on any atom is -0.377 e. The van der Waals surface area contributed by atoms with Crippen LogP contribution in [0.2, 0.25) is 0 Å². The highest BCUT2D eigenvalue weighted by atomic mass is 16.5. The molecule has 0 fully saturated rings. The molecule has 0 saturated carbocycles. The molecule has 0 bridgehead atoms. The zero-order chi connectivity index (χ0) is 15.8. The summed E-state index contributed by atoms with van der Waals surface area (Å²) in [5, 5.41) is 2.78. The average molecular weight is 301 g/mol. The number of benzene rings is 1. The van der Waals surface area contributed by atoms with E-state index in [1.165, 1.54) is 17.0 Å². The molecule has 0 aliphatic carbocycles. The predicted molar refractivity (Wildman–Crippen MR) is 82.1 cm³/mol. The van der Waals surface area contributed by atoms with Crippen LogP contribution in [0.4, 0.5) is 0 Å². The number of hydrogen-bond donors (Lipinski definition) is 1. The van der Waals surface area contributed by atoms with E-state index in [0.29, 0.717) is 19.8 Å². The number of ether oxygens (including phenoxy) is 1. The third kappa shape index (κ3) is 4.82. The van der Waals surface area contributed by atoms with Gasteiger partial charge >= 0.3 is 5.69 Å². The maximum Gasteiger partial charge on any atom is 0.347 e. The first-order valence-corrected chi connectivity index (χ1v) is 7.12. The fourth-order valence-electron chi connectivity index (χ4n) is 1.89. The van der Waals surface area contributed by atoms with E-state index in [-0.39, 0.29) is 12.5 Å². The quantitative estimate of drug-likeness (QED) is 0.831. The highest BCUT2D eigenvalue weighted by Gasteiger charge is 2.04. The molecule has 116 valence electrons. The molecule has 0 radical (unpaired) electrons.